The first-order valence-electron chi connectivity index (χ1n) is 6.69. The van der Waals surface area contributed by atoms with Crippen LogP contribution < -0.4 is 5.32 Å². The van der Waals surface area contributed by atoms with Gasteiger partial charge in [-0.05, 0) is 32.0 Å². The highest BCUT2D eigenvalue weighted by Gasteiger charge is 2.17. The zero-order valence-electron chi connectivity index (χ0n) is 11.6. The predicted molar refractivity (Wildman–Crippen MR) is 85.7 cm³/mol. The molecule has 20 heavy (non-hydrogen) atoms. The van der Waals surface area contributed by atoms with Crippen LogP contribution in [-0.4, -0.2) is 11.5 Å². The Morgan fingerprint density at radius 2 is 2.25 bits per heavy atom. The summed E-state index contributed by atoms with van der Waals surface area (Å²) in [5.41, 5.74) is 1.73. The van der Waals surface area contributed by atoms with Crippen molar-refractivity contribution in [3.05, 3.63) is 50.1 Å². The highest BCUT2D eigenvalue weighted by Crippen LogP contribution is 2.25. The molecule has 0 saturated carbocycles. The lowest BCUT2D eigenvalue weighted by atomic mass is 10.0. The Morgan fingerprint density at radius 1 is 1.45 bits per heavy atom. The monoisotopic (exact) mass is 356 g/mol. The molecule has 0 saturated heterocycles. The zero-order valence-corrected chi connectivity index (χ0v) is 14.0. The first kappa shape index (κ1) is 15.6. The van der Waals surface area contributed by atoms with E-state index >= 15 is 0 Å². The number of aryl methyl sites for hydroxylation is 1. The van der Waals surface area contributed by atoms with E-state index in [1.165, 1.54) is 6.07 Å². The summed E-state index contributed by atoms with van der Waals surface area (Å²) in [5, 5.41) is 6.49. The standard InChI is InChI=1S/C15H18BrFN2S/c1-3-6-18-14(8-15-19-10(2)9-20-15)12-5-4-11(16)7-13(12)17/h4-5,7,9,14,18H,3,6,8H2,1-2H3. The van der Waals surface area contributed by atoms with Gasteiger partial charge in [-0.3, -0.25) is 0 Å². The molecule has 0 aliphatic heterocycles. The van der Waals surface area contributed by atoms with E-state index in [2.05, 4.69) is 33.2 Å². The third-order valence-electron chi connectivity index (χ3n) is 3.02. The highest BCUT2D eigenvalue weighted by atomic mass is 79.9. The van der Waals surface area contributed by atoms with Gasteiger partial charge in [0.2, 0.25) is 0 Å². The maximum absolute atomic E-state index is 14.1. The molecule has 5 heteroatoms. The second-order valence-corrected chi connectivity index (χ2v) is 6.62. The first-order valence-corrected chi connectivity index (χ1v) is 8.36. The average Bonchev–Trinajstić information content (AvgIpc) is 2.80. The first-order chi connectivity index (χ1) is 9.60. The van der Waals surface area contributed by atoms with Crippen molar-refractivity contribution >= 4 is 27.3 Å². The summed E-state index contributed by atoms with van der Waals surface area (Å²) < 4.78 is 14.9. The predicted octanol–water partition coefficient (Wildman–Crippen LogP) is 4.64. The van der Waals surface area contributed by atoms with Crippen LogP contribution in [0.15, 0.2) is 28.1 Å². The van der Waals surface area contributed by atoms with E-state index in [4.69, 9.17) is 0 Å². The van der Waals surface area contributed by atoms with E-state index in [9.17, 15) is 4.39 Å². The van der Waals surface area contributed by atoms with Crippen molar-refractivity contribution in [1.29, 1.82) is 0 Å². The minimum absolute atomic E-state index is 0.0337. The molecule has 1 unspecified atom stereocenters. The van der Waals surface area contributed by atoms with Crippen LogP contribution in [0.2, 0.25) is 0 Å². The Bertz CT molecular complexity index is 571. The number of nitrogens with zero attached hydrogens (tertiary/aromatic N) is 1. The Morgan fingerprint density at radius 3 is 2.85 bits per heavy atom. The van der Waals surface area contributed by atoms with Gasteiger partial charge in [0.05, 0.1) is 5.01 Å². The van der Waals surface area contributed by atoms with Crippen LogP contribution in [0.25, 0.3) is 0 Å². The molecule has 0 aliphatic carbocycles. The van der Waals surface area contributed by atoms with Gasteiger partial charge in [-0.2, -0.15) is 0 Å². The fraction of sp³-hybridized carbons (Fsp3) is 0.400. The van der Waals surface area contributed by atoms with Crippen LogP contribution in [0.1, 0.15) is 35.7 Å². The molecule has 0 aliphatic rings. The van der Waals surface area contributed by atoms with Gasteiger partial charge < -0.3 is 5.32 Å². The summed E-state index contributed by atoms with van der Waals surface area (Å²) in [5.74, 6) is -0.179. The van der Waals surface area contributed by atoms with Crippen molar-refractivity contribution in [3.8, 4) is 0 Å². The van der Waals surface area contributed by atoms with Crippen LogP contribution in [0.4, 0.5) is 4.39 Å². The summed E-state index contributed by atoms with van der Waals surface area (Å²) in [7, 11) is 0. The third-order valence-corrected chi connectivity index (χ3v) is 4.51. The Balaban J connectivity index is 2.22. The molecule has 1 N–H and O–H groups in total. The number of aromatic nitrogens is 1. The number of hydrogen-bond acceptors (Lipinski definition) is 3. The van der Waals surface area contributed by atoms with Gasteiger partial charge in [-0.1, -0.05) is 28.9 Å². The maximum Gasteiger partial charge on any atom is 0.129 e. The van der Waals surface area contributed by atoms with Crippen molar-refractivity contribution in [2.24, 2.45) is 0 Å². The molecule has 0 radical (unpaired) electrons. The number of nitrogens with one attached hydrogen (secondary N) is 1. The van der Waals surface area contributed by atoms with Gasteiger partial charge >= 0.3 is 0 Å². The van der Waals surface area contributed by atoms with E-state index < -0.39 is 0 Å². The molecular formula is C15H18BrFN2S. The maximum atomic E-state index is 14.1. The minimum atomic E-state index is -0.179. The molecule has 1 atom stereocenters. The van der Waals surface area contributed by atoms with Gasteiger partial charge in [-0.15, -0.1) is 11.3 Å². The molecule has 1 aromatic heterocycles. The normalized spacial score (nSPS) is 12.6. The molecule has 1 heterocycles. The van der Waals surface area contributed by atoms with Crippen molar-refractivity contribution in [1.82, 2.24) is 10.3 Å². The van der Waals surface area contributed by atoms with Gasteiger partial charge in [-0.25, -0.2) is 9.37 Å². The van der Waals surface area contributed by atoms with E-state index in [1.807, 2.05) is 24.4 Å². The summed E-state index contributed by atoms with van der Waals surface area (Å²) in [6.45, 7) is 4.95. The lowest BCUT2D eigenvalue weighted by Gasteiger charge is -2.18. The summed E-state index contributed by atoms with van der Waals surface area (Å²) in [6.07, 6.45) is 1.74. The highest BCUT2D eigenvalue weighted by molar-refractivity contribution is 9.10. The molecule has 1 aromatic carbocycles. The number of benzene rings is 1. The second-order valence-electron chi connectivity index (χ2n) is 4.76. The van der Waals surface area contributed by atoms with E-state index in [0.717, 1.165) is 34.6 Å². The smallest absolute Gasteiger partial charge is 0.129 e. The van der Waals surface area contributed by atoms with Gasteiger partial charge in [0.15, 0.2) is 0 Å². The SMILES string of the molecule is CCCNC(Cc1nc(C)cs1)c1ccc(Br)cc1F. The van der Waals surface area contributed by atoms with Crippen LogP contribution in [0, 0.1) is 12.7 Å². The molecule has 2 aromatic rings. The number of thiazole rings is 1. The second kappa shape index (κ2) is 7.29. The fourth-order valence-electron chi connectivity index (χ4n) is 2.07. The molecular weight excluding hydrogens is 339 g/mol. The number of halogens is 2. The lowest BCUT2D eigenvalue weighted by Crippen LogP contribution is -2.25. The molecule has 2 rings (SSSR count). The van der Waals surface area contributed by atoms with Gasteiger partial charge in [0.25, 0.3) is 0 Å². The van der Waals surface area contributed by atoms with Crippen molar-refractivity contribution in [3.63, 3.8) is 0 Å². The number of hydrogen-bond donors (Lipinski definition) is 1. The Kier molecular flexibility index (Phi) is 5.69. The van der Waals surface area contributed by atoms with E-state index in [-0.39, 0.29) is 11.9 Å². The van der Waals surface area contributed by atoms with Gasteiger partial charge in [0, 0.05) is 33.6 Å². The molecule has 0 spiro atoms. The fourth-order valence-corrected chi connectivity index (χ4v) is 3.22. The van der Waals surface area contributed by atoms with Crippen LogP contribution >= 0.6 is 27.3 Å². The minimum Gasteiger partial charge on any atom is -0.309 e. The van der Waals surface area contributed by atoms with Crippen LogP contribution in [0.3, 0.4) is 0 Å². The zero-order chi connectivity index (χ0) is 14.5. The van der Waals surface area contributed by atoms with Crippen LogP contribution in [-0.2, 0) is 6.42 Å². The Labute approximate surface area is 131 Å². The lowest BCUT2D eigenvalue weighted by molar-refractivity contribution is 0.496. The Hall–Kier alpha value is -0.780. The topological polar surface area (TPSA) is 24.9 Å². The molecule has 108 valence electrons. The van der Waals surface area contributed by atoms with E-state index in [0.29, 0.717) is 5.56 Å². The van der Waals surface area contributed by atoms with Crippen molar-refractivity contribution < 1.29 is 4.39 Å². The number of rotatable bonds is 6. The van der Waals surface area contributed by atoms with E-state index in [1.54, 1.807) is 11.3 Å². The average molecular weight is 357 g/mol. The molecule has 0 amide bonds. The molecule has 2 nitrogen and oxygen atoms in total. The van der Waals surface area contributed by atoms with Crippen molar-refractivity contribution in [2.45, 2.75) is 32.7 Å². The third kappa shape index (κ3) is 4.11. The molecule has 0 fully saturated rings. The van der Waals surface area contributed by atoms with Crippen molar-refractivity contribution in [2.75, 3.05) is 6.54 Å². The largest absolute Gasteiger partial charge is 0.309 e. The summed E-state index contributed by atoms with van der Waals surface area (Å²) in [6, 6.07) is 5.20. The summed E-state index contributed by atoms with van der Waals surface area (Å²) in [4.78, 5) is 4.48. The van der Waals surface area contributed by atoms with Crippen LogP contribution in [0.5, 0.6) is 0 Å². The summed E-state index contributed by atoms with van der Waals surface area (Å²) >= 11 is 4.93. The van der Waals surface area contributed by atoms with Gasteiger partial charge in [0.1, 0.15) is 5.82 Å². The molecule has 0 bridgehead atoms. The quantitative estimate of drug-likeness (QED) is 0.815.